The fourth-order valence-corrected chi connectivity index (χ4v) is 9.44. The number of likely N-dealkylation sites (N-methyl/N-ethyl adjacent to an activating group) is 1. The van der Waals surface area contributed by atoms with Crippen LogP contribution < -0.4 is 10.2 Å². The monoisotopic (exact) mass is 1080 g/mol. The van der Waals surface area contributed by atoms with Gasteiger partial charge >= 0.3 is 5.97 Å². The topological polar surface area (TPSA) is 114 Å². The Balaban J connectivity index is 5.23. The number of unbranched alkanes of at least 4 members (excludes halogenated alkanes) is 28. The highest BCUT2D eigenvalue weighted by atomic mass is 31.2. The second-order valence-electron chi connectivity index (χ2n) is 22.2. The van der Waals surface area contributed by atoms with Crippen molar-refractivity contribution in [3.8, 4) is 0 Å². The Kier molecular flexibility index (Phi) is 53.5. The molecule has 0 aromatic rings. The first kappa shape index (κ1) is 73.2. The average Bonchev–Trinajstić information content (AvgIpc) is 3.38. The van der Waals surface area contributed by atoms with Gasteiger partial charge in [-0.25, -0.2) is 0 Å². The molecule has 0 aromatic heterocycles. The van der Waals surface area contributed by atoms with Gasteiger partial charge in [-0.15, -0.1) is 0 Å². The maximum Gasteiger partial charge on any atom is 0.306 e. The first-order valence-electron chi connectivity index (χ1n) is 31.4. The molecule has 1 amide bonds. The standard InChI is InChI=1S/C66H119N2O7P/c1-7-10-13-16-19-22-25-28-30-31-32-33-34-35-36-37-39-40-43-46-49-52-55-58-65(69)67-63(62-74-76(71,72)73-61-60-68(4,5)6)64(57-54-51-48-45-42-27-24-21-18-15-12-9-3)75-66(70)59-56-53-50-47-44-41-38-29-26-23-20-17-14-11-8-2/h10,13,19,22-23,26,28,30,32-33,35-36,54,57,63-64H,7-9,11-12,14-18,20-21,24-25,27,29,31,34,37-53,55-56,58-62H2,1-6H3,(H-,67,69,71,72)/b13-10-,22-19-,26-23-,30-28-,33-32-,36-35-,57-54-. The van der Waals surface area contributed by atoms with Crippen LogP contribution in [0.4, 0.5) is 0 Å². The van der Waals surface area contributed by atoms with Gasteiger partial charge in [-0.05, 0) is 102 Å². The Labute approximate surface area is 469 Å². The number of esters is 1. The molecule has 1 N–H and O–H groups in total. The van der Waals surface area contributed by atoms with E-state index in [4.69, 9.17) is 13.8 Å². The van der Waals surface area contributed by atoms with Crippen LogP contribution in [0.1, 0.15) is 271 Å². The van der Waals surface area contributed by atoms with Gasteiger partial charge in [-0.2, -0.15) is 0 Å². The molecule has 0 aromatic carbocycles. The first-order valence-corrected chi connectivity index (χ1v) is 32.9. The van der Waals surface area contributed by atoms with Crippen LogP contribution in [-0.4, -0.2) is 69.4 Å². The molecule has 440 valence electrons. The van der Waals surface area contributed by atoms with Crippen LogP contribution in [0.15, 0.2) is 85.1 Å². The maximum atomic E-state index is 13.5. The van der Waals surface area contributed by atoms with Gasteiger partial charge in [0, 0.05) is 12.8 Å². The summed E-state index contributed by atoms with van der Waals surface area (Å²) < 4.78 is 30.3. The van der Waals surface area contributed by atoms with Crippen molar-refractivity contribution in [2.45, 2.75) is 283 Å². The van der Waals surface area contributed by atoms with E-state index in [1.807, 2.05) is 33.3 Å². The lowest BCUT2D eigenvalue weighted by Gasteiger charge is -2.30. The lowest BCUT2D eigenvalue weighted by Crippen LogP contribution is -2.47. The highest BCUT2D eigenvalue weighted by molar-refractivity contribution is 7.45. The van der Waals surface area contributed by atoms with Gasteiger partial charge in [0.1, 0.15) is 19.3 Å². The molecule has 0 aliphatic rings. The number of amides is 1. The molecule has 0 fully saturated rings. The Hall–Kier alpha value is -2.81. The number of hydrogen-bond donors (Lipinski definition) is 1. The number of allylic oxidation sites excluding steroid dienone is 13. The molecule has 0 saturated carbocycles. The maximum absolute atomic E-state index is 13.5. The second kappa shape index (κ2) is 55.5. The van der Waals surface area contributed by atoms with Crippen LogP contribution in [0.2, 0.25) is 0 Å². The van der Waals surface area contributed by atoms with Crippen molar-refractivity contribution in [1.82, 2.24) is 5.32 Å². The van der Waals surface area contributed by atoms with Gasteiger partial charge in [0.05, 0.1) is 33.8 Å². The van der Waals surface area contributed by atoms with E-state index < -0.39 is 26.6 Å². The van der Waals surface area contributed by atoms with Gasteiger partial charge in [0.2, 0.25) is 5.91 Å². The number of quaternary nitrogens is 1. The molecule has 0 aliphatic heterocycles. The second-order valence-corrected chi connectivity index (χ2v) is 23.6. The number of phosphoric acid groups is 1. The summed E-state index contributed by atoms with van der Waals surface area (Å²) in [5.41, 5.74) is 0. The summed E-state index contributed by atoms with van der Waals surface area (Å²) in [5, 5.41) is 3.02. The predicted octanol–water partition coefficient (Wildman–Crippen LogP) is 18.8. The fourth-order valence-electron chi connectivity index (χ4n) is 8.72. The number of ether oxygens (including phenoxy) is 1. The third-order valence-corrected chi connectivity index (χ3v) is 14.5. The summed E-state index contributed by atoms with van der Waals surface area (Å²) in [4.78, 5) is 40.0. The number of rotatable bonds is 56. The normalized spacial score (nSPS) is 14.2. The summed E-state index contributed by atoms with van der Waals surface area (Å²) in [6.45, 7) is 6.71. The van der Waals surface area contributed by atoms with Gasteiger partial charge in [0.25, 0.3) is 7.82 Å². The molecule has 9 nitrogen and oxygen atoms in total. The molecule has 0 spiro atoms. The summed E-state index contributed by atoms with van der Waals surface area (Å²) in [6.07, 6.45) is 72.6. The lowest BCUT2D eigenvalue weighted by molar-refractivity contribution is -0.870. The number of nitrogens with zero attached hydrogens (tertiary/aromatic N) is 1. The smallest absolute Gasteiger partial charge is 0.306 e. The molecular weight excluding hydrogens is 964 g/mol. The summed E-state index contributed by atoms with van der Waals surface area (Å²) in [7, 11) is 1.17. The first-order chi connectivity index (χ1) is 36.9. The molecule has 10 heteroatoms. The number of carbonyl (C=O) groups is 2. The molecule has 3 unspecified atom stereocenters. The van der Waals surface area contributed by atoms with Gasteiger partial charge in [-0.1, -0.05) is 241 Å². The minimum absolute atomic E-state index is 0.0284. The number of hydrogen-bond acceptors (Lipinski definition) is 7. The SMILES string of the molecule is CC/C=C\C/C=C\C/C=C\C/C=C\C/C=C\CCCCCCCCCC(=O)NC(COP(=O)([O-])OCC[N+](C)(C)C)C(/C=C\CCCCCCCCCCCC)OC(=O)CCCCCCCCC/C=C\CCCCCC. The zero-order valence-electron chi connectivity index (χ0n) is 50.2. The van der Waals surface area contributed by atoms with Gasteiger partial charge < -0.3 is 28.5 Å². The fraction of sp³-hybridized carbons (Fsp3) is 0.758. The quantitative estimate of drug-likeness (QED) is 0.0212. The van der Waals surface area contributed by atoms with Crippen molar-refractivity contribution < 1.29 is 37.3 Å². The van der Waals surface area contributed by atoms with Crippen LogP contribution in [0.25, 0.3) is 0 Å². The van der Waals surface area contributed by atoms with Crippen molar-refractivity contribution in [1.29, 1.82) is 0 Å². The summed E-state index contributed by atoms with van der Waals surface area (Å²) in [5.74, 6) is -0.559. The average molecular weight is 1080 g/mol. The summed E-state index contributed by atoms with van der Waals surface area (Å²) >= 11 is 0. The molecule has 3 atom stereocenters. The molecule has 0 saturated heterocycles. The number of nitrogens with one attached hydrogen (secondary N) is 1. The Bertz CT molecular complexity index is 1580. The van der Waals surface area contributed by atoms with Crippen molar-refractivity contribution in [2.24, 2.45) is 0 Å². The third-order valence-electron chi connectivity index (χ3n) is 13.6. The molecular formula is C66H119N2O7P. The van der Waals surface area contributed by atoms with Crippen LogP contribution in [0.3, 0.4) is 0 Å². The highest BCUT2D eigenvalue weighted by Gasteiger charge is 2.27. The Morgan fingerprint density at radius 3 is 1.29 bits per heavy atom. The molecule has 0 radical (unpaired) electrons. The molecule has 0 bridgehead atoms. The van der Waals surface area contributed by atoms with E-state index in [2.05, 4.69) is 99.0 Å². The van der Waals surface area contributed by atoms with Crippen LogP contribution >= 0.6 is 7.82 Å². The van der Waals surface area contributed by atoms with Crippen LogP contribution in [-0.2, 0) is 27.9 Å². The molecule has 76 heavy (non-hydrogen) atoms. The van der Waals surface area contributed by atoms with Crippen LogP contribution in [0.5, 0.6) is 0 Å². The zero-order valence-corrected chi connectivity index (χ0v) is 51.1. The predicted molar refractivity (Wildman–Crippen MR) is 325 cm³/mol. The highest BCUT2D eigenvalue weighted by Crippen LogP contribution is 2.38. The van der Waals surface area contributed by atoms with Crippen LogP contribution in [0, 0.1) is 0 Å². The molecule has 0 aliphatic carbocycles. The zero-order chi connectivity index (χ0) is 55.7. The van der Waals surface area contributed by atoms with E-state index in [1.165, 1.54) is 122 Å². The number of carbonyl (C=O) groups excluding carboxylic acids is 2. The van der Waals surface area contributed by atoms with Crippen molar-refractivity contribution in [3.63, 3.8) is 0 Å². The Morgan fingerprint density at radius 1 is 0.474 bits per heavy atom. The van der Waals surface area contributed by atoms with Gasteiger partial charge in [0.15, 0.2) is 0 Å². The summed E-state index contributed by atoms with van der Waals surface area (Å²) in [6, 6.07) is -0.899. The molecule has 0 heterocycles. The van der Waals surface area contributed by atoms with Crippen molar-refractivity contribution in [3.05, 3.63) is 85.1 Å². The van der Waals surface area contributed by atoms with Crippen molar-refractivity contribution >= 4 is 19.7 Å². The lowest BCUT2D eigenvalue weighted by atomic mass is 10.0. The molecule has 0 rings (SSSR count). The Morgan fingerprint density at radius 2 is 0.842 bits per heavy atom. The largest absolute Gasteiger partial charge is 0.756 e. The minimum atomic E-state index is -4.71. The van der Waals surface area contributed by atoms with E-state index >= 15 is 0 Å². The van der Waals surface area contributed by atoms with E-state index in [1.54, 1.807) is 0 Å². The minimum Gasteiger partial charge on any atom is -0.756 e. The number of phosphoric ester groups is 1. The van der Waals surface area contributed by atoms with Crippen molar-refractivity contribution in [2.75, 3.05) is 40.9 Å². The third kappa shape index (κ3) is 55.9. The van der Waals surface area contributed by atoms with E-state index in [0.717, 1.165) is 116 Å². The van der Waals surface area contributed by atoms with E-state index in [-0.39, 0.29) is 24.9 Å². The van der Waals surface area contributed by atoms with E-state index in [0.29, 0.717) is 17.4 Å². The van der Waals surface area contributed by atoms with Gasteiger partial charge in [-0.3, -0.25) is 14.2 Å². The van der Waals surface area contributed by atoms with E-state index in [9.17, 15) is 19.0 Å².